The first-order chi connectivity index (χ1) is 11.2. The van der Waals surface area contributed by atoms with E-state index in [0.29, 0.717) is 36.8 Å². The van der Waals surface area contributed by atoms with Crippen molar-refractivity contribution in [3.63, 3.8) is 0 Å². The van der Waals surface area contributed by atoms with E-state index in [1.807, 2.05) is 24.3 Å². The molecule has 0 bridgehead atoms. The summed E-state index contributed by atoms with van der Waals surface area (Å²) in [7, 11) is 3.14. The summed E-state index contributed by atoms with van der Waals surface area (Å²) < 4.78 is 16.2. The van der Waals surface area contributed by atoms with Gasteiger partial charge in [-0.3, -0.25) is 4.79 Å². The molecule has 2 aromatic rings. The van der Waals surface area contributed by atoms with Crippen molar-refractivity contribution in [3.8, 4) is 17.2 Å². The third-order valence-electron chi connectivity index (χ3n) is 3.84. The Hall–Kier alpha value is -2.69. The highest BCUT2D eigenvalue weighted by Gasteiger charge is 2.21. The quantitative estimate of drug-likeness (QED) is 0.874. The molecular weight excluding hydrogens is 294 g/mol. The molecule has 0 N–H and O–H groups in total. The average molecular weight is 313 g/mol. The first-order valence-electron chi connectivity index (χ1n) is 7.44. The second-order valence-electron chi connectivity index (χ2n) is 5.28. The minimum Gasteiger partial charge on any atom is -0.497 e. The molecule has 1 heterocycles. The van der Waals surface area contributed by atoms with Crippen LogP contribution in [0.1, 0.15) is 15.9 Å². The van der Waals surface area contributed by atoms with Crippen LogP contribution in [0.3, 0.4) is 0 Å². The van der Waals surface area contributed by atoms with Crippen molar-refractivity contribution in [2.45, 2.75) is 6.54 Å². The lowest BCUT2D eigenvalue weighted by Gasteiger charge is -2.20. The third kappa shape index (κ3) is 3.23. The van der Waals surface area contributed by atoms with Crippen molar-refractivity contribution in [3.05, 3.63) is 53.6 Å². The Kier molecular flexibility index (Phi) is 4.37. The summed E-state index contributed by atoms with van der Waals surface area (Å²) in [5.41, 5.74) is 1.55. The Bertz CT molecular complexity index is 692. The second kappa shape index (κ2) is 6.60. The van der Waals surface area contributed by atoms with Gasteiger partial charge in [-0.15, -0.1) is 0 Å². The van der Waals surface area contributed by atoms with Gasteiger partial charge in [-0.2, -0.15) is 0 Å². The summed E-state index contributed by atoms with van der Waals surface area (Å²) in [6.07, 6.45) is 0. The largest absolute Gasteiger partial charge is 0.497 e. The van der Waals surface area contributed by atoms with E-state index >= 15 is 0 Å². The molecule has 0 fully saturated rings. The zero-order chi connectivity index (χ0) is 16.2. The highest BCUT2D eigenvalue weighted by atomic mass is 16.5. The highest BCUT2D eigenvalue weighted by Crippen LogP contribution is 2.26. The molecule has 3 rings (SSSR count). The van der Waals surface area contributed by atoms with Crippen LogP contribution in [0.4, 0.5) is 0 Å². The minimum absolute atomic E-state index is 0.0671. The van der Waals surface area contributed by atoms with Crippen molar-refractivity contribution < 1.29 is 19.0 Å². The number of hydrogen-bond donors (Lipinski definition) is 0. The molecule has 0 aliphatic carbocycles. The van der Waals surface area contributed by atoms with Gasteiger partial charge in [0.1, 0.15) is 23.9 Å². The Morgan fingerprint density at radius 1 is 1.09 bits per heavy atom. The molecule has 0 saturated carbocycles. The van der Waals surface area contributed by atoms with Gasteiger partial charge in [0.05, 0.1) is 20.8 Å². The van der Waals surface area contributed by atoms with Gasteiger partial charge in [-0.1, -0.05) is 18.2 Å². The fourth-order valence-electron chi connectivity index (χ4n) is 2.61. The van der Waals surface area contributed by atoms with Crippen molar-refractivity contribution in [1.82, 2.24) is 4.90 Å². The summed E-state index contributed by atoms with van der Waals surface area (Å²) in [5.74, 6) is 1.96. The number of nitrogens with zero attached hydrogens (tertiary/aromatic N) is 1. The lowest BCUT2D eigenvalue weighted by atomic mass is 10.1. The van der Waals surface area contributed by atoms with Gasteiger partial charge >= 0.3 is 0 Å². The topological polar surface area (TPSA) is 48.0 Å². The van der Waals surface area contributed by atoms with E-state index in [4.69, 9.17) is 14.2 Å². The van der Waals surface area contributed by atoms with Crippen LogP contribution in [-0.4, -0.2) is 38.2 Å². The maximum Gasteiger partial charge on any atom is 0.254 e. The highest BCUT2D eigenvalue weighted by molar-refractivity contribution is 5.95. The van der Waals surface area contributed by atoms with Crippen LogP contribution in [0, 0.1) is 0 Å². The molecule has 1 aliphatic rings. The number of rotatable bonds is 3. The van der Waals surface area contributed by atoms with Gasteiger partial charge in [-0.05, 0) is 18.2 Å². The number of methoxy groups -OCH3 is 2. The number of para-hydroxylation sites is 1. The molecule has 0 aromatic heterocycles. The van der Waals surface area contributed by atoms with E-state index in [0.717, 1.165) is 11.3 Å². The van der Waals surface area contributed by atoms with Crippen LogP contribution in [0.5, 0.6) is 17.2 Å². The Balaban J connectivity index is 1.88. The summed E-state index contributed by atoms with van der Waals surface area (Å²) in [6, 6.07) is 13.0. The van der Waals surface area contributed by atoms with Gasteiger partial charge in [0, 0.05) is 23.7 Å². The van der Waals surface area contributed by atoms with Gasteiger partial charge < -0.3 is 19.1 Å². The van der Waals surface area contributed by atoms with Crippen LogP contribution in [-0.2, 0) is 6.54 Å². The zero-order valence-electron chi connectivity index (χ0n) is 13.2. The number of carbonyl (C=O) groups excluding carboxylic acids is 1. The number of benzene rings is 2. The SMILES string of the molecule is COc1cc(OC)cc(C(=O)N2CCOc3ccccc3C2)c1. The van der Waals surface area contributed by atoms with Gasteiger partial charge in [0.15, 0.2) is 0 Å². The van der Waals surface area contributed by atoms with Crippen molar-refractivity contribution >= 4 is 5.91 Å². The molecule has 0 unspecified atom stereocenters. The van der Waals surface area contributed by atoms with E-state index in [1.165, 1.54) is 0 Å². The number of hydrogen-bond acceptors (Lipinski definition) is 4. The first kappa shape index (κ1) is 15.2. The molecule has 0 radical (unpaired) electrons. The van der Waals surface area contributed by atoms with E-state index in [2.05, 4.69) is 0 Å². The molecule has 1 amide bonds. The van der Waals surface area contributed by atoms with E-state index in [1.54, 1.807) is 37.3 Å². The smallest absolute Gasteiger partial charge is 0.254 e. The fraction of sp³-hybridized carbons (Fsp3) is 0.278. The van der Waals surface area contributed by atoms with Crippen LogP contribution in [0.25, 0.3) is 0 Å². The standard InChI is InChI=1S/C18H19NO4/c1-21-15-9-14(10-16(11-15)22-2)18(20)19-7-8-23-17-6-4-3-5-13(17)12-19/h3-6,9-11H,7-8,12H2,1-2H3. The lowest BCUT2D eigenvalue weighted by Crippen LogP contribution is -2.32. The van der Waals surface area contributed by atoms with E-state index in [-0.39, 0.29) is 5.91 Å². The molecule has 0 saturated heterocycles. The first-order valence-corrected chi connectivity index (χ1v) is 7.44. The second-order valence-corrected chi connectivity index (χ2v) is 5.28. The van der Waals surface area contributed by atoms with Gasteiger partial charge in [-0.25, -0.2) is 0 Å². The van der Waals surface area contributed by atoms with E-state index in [9.17, 15) is 4.79 Å². The lowest BCUT2D eigenvalue weighted by molar-refractivity contribution is 0.0732. The van der Waals surface area contributed by atoms with Gasteiger partial charge in [0.2, 0.25) is 0 Å². The number of carbonyl (C=O) groups is 1. The predicted octanol–water partition coefficient (Wildman–Crippen LogP) is 2.74. The summed E-state index contributed by atoms with van der Waals surface area (Å²) in [4.78, 5) is 14.6. The molecule has 2 aromatic carbocycles. The molecule has 5 nitrogen and oxygen atoms in total. The Morgan fingerprint density at radius 2 is 1.78 bits per heavy atom. The monoisotopic (exact) mass is 313 g/mol. The maximum absolute atomic E-state index is 12.9. The minimum atomic E-state index is -0.0671. The normalized spacial score (nSPS) is 13.6. The summed E-state index contributed by atoms with van der Waals surface area (Å²) in [5, 5.41) is 0. The van der Waals surface area contributed by atoms with Crippen LogP contribution in [0.15, 0.2) is 42.5 Å². The molecule has 5 heteroatoms. The molecule has 120 valence electrons. The molecule has 1 aliphatic heterocycles. The maximum atomic E-state index is 12.9. The Morgan fingerprint density at radius 3 is 2.48 bits per heavy atom. The number of ether oxygens (including phenoxy) is 3. The molecule has 0 spiro atoms. The van der Waals surface area contributed by atoms with Crippen LogP contribution in [0.2, 0.25) is 0 Å². The van der Waals surface area contributed by atoms with Crippen molar-refractivity contribution in [1.29, 1.82) is 0 Å². The fourth-order valence-corrected chi connectivity index (χ4v) is 2.61. The van der Waals surface area contributed by atoms with Gasteiger partial charge in [0.25, 0.3) is 5.91 Å². The van der Waals surface area contributed by atoms with Crippen LogP contribution >= 0.6 is 0 Å². The third-order valence-corrected chi connectivity index (χ3v) is 3.84. The van der Waals surface area contributed by atoms with Crippen molar-refractivity contribution in [2.75, 3.05) is 27.4 Å². The Labute approximate surface area is 135 Å². The molecular formula is C18H19NO4. The number of amides is 1. The van der Waals surface area contributed by atoms with Crippen molar-refractivity contribution in [2.24, 2.45) is 0 Å². The number of fused-ring (bicyclic) bond motifs is 1. The molecule has 23 heavy (non-hydrogen) atoms. The van der Waals surface area contributed by atoms with E-state index < -0.39 is 0 Å². The van der Waals surface area contributed by atoms with Crippen LogP contribution < -0.4 is 14.2 Å². The average Bonchev–Trinajstić information content (AvgIpc) is 2.82. The predicted molar refractivity (Wildman–Crippen MR) is 86.2 cm³/mol. The summed E-state index contributed by atoms with van der Waals surface area (Å²) in [6.45, 7) is 1.53. The zero-order valence-corrected chi connectivity index (χ0v) is 13.2. The molecule has 0 atom stereocenters. The summed E-state index contributed by atoms with van der Waals surface area (Å²) >= 11 is 0.